The highest BCUT2D eigenvalue weighted by molar-refractivity contribution is 7.87. The number of aromatic nitrogens is 1. The third-order valence-corrected chi connectivity index (χ3v) is 5.42. The van der Waals surface area contributed by atoms with Crippen LogP contribution in [0.2, 0.25) is 0 Å². The Bertz CT molecular complexity index is 991. The van der Waals surface area contributed by atoms with E-state index in [1.54, 1.807) is 4.57 Å². The van der Waals surface area contributed by atoms with Gasteiger partial charge in [-0.05, 0) is 38.6 Å². The van der Waals surface area contributed by atoms with E-state index in [0.717, 1.165) is 40.8 Å². The highest BCUT2D eigenvalue weighted by Gasteiger charge is 2.48. The molecule has 9 heteroatoms. The Morgan fingerprint density at radius 3 is 2.65 bits per heavy atom. The zero-order valence-electron chi connectivity index (χ0n) is 14.6. The Morgan fingerprint density at radius 1 is 1.31 bits per heavy atom. The standard InChI is InChI=1S/C17H19F3N2O3S/c1-11-4-5-15-13(8-11)14-10-21(3)7-6-16(14)22(15)9-12(2)25-26(23,24)17(18,19)20/h4-5,8-9H,6-7,10H2,1-3H3/b12-9+. The zero-order valence-corrected chi connectivity index (χ0v) is 15.4. The molecule has 0 aliphatic carbocycles. The monoisotopic (exact) mass is 388 g/mol. The molecule has 1 aliphatic rings. The average molecular weight is 388 g/mol. The molecule has 3 rings (SSSR count). The van der Waals surface area contributed by atoms with E-state index in [4.69, 9.17) is 0 Å². The number of hydrogen-bond acceptors (Lipinski definition) is 4. The van der Waals surface area contributed by atoms with E-state index in [1.807, 2.05) is 32.2 Å². The lowest BCUT2D eigenvalue weighted by Crippen LogP contribution is -2.27. The third-order valence-electron chi connectivity index (χ3n) is 4.37. The molecule has 5 nitrogen and oxygen atoms in total. The van der Waals surface area contributed by atoms with Crippen LogP contribution >= 0.6 is 0 Å². The van der Waals surface area contributed by atoms with E-state index in [2.05, 4.69) is 9.08 Å². The van der Waals surface area contributed by atoms with Crippen molar-refractivity contribution in [2.24, 2.45) is 0 Å². The predicted molar refractivity (Wildman–Crippen MR) is 92.7 cm³/mol. The minimum Gasteiger partial charge on any atom is -0.379 e. The van der Waals surface area contributed by atoms with Crippen LogP contribution in [0.1, 0.15) is 23.7 Å². The van der Waals surface area contributed by atoms with Gasteiger partial charge in [-0.2, -0.15) is 21.6 Å². The van der Waals surface area contributed by atoms with Crippen LogP contribution < -0.4 is 0 Å². The molecule has 0 atom stereocenters. The molecule has 0 radical (unpaired) electrons. The fourth-order valence-corrected chi connectivity index (χ4v) is 3.70. The number of fused-ring (bicyclic) bond motifs is 3. The summed E-state index contributed by atoms with van der Waals surface area (Å²) in [6.45, 7) is 4.69. The van der Waals surface area contributed by atoms with E-state index >= 15 is 0 Å². The minimum absolute atomic E-state index is 0.346. The number of nitrogens with zero attached hydrogens (tertiary/aromatic N) is 2. The second-order valence-electron chi connectivity index (χ2n) is 6.53. The molecule has 0 unspecified atom stereocenters. The normalized spacial score (nSPS) is 16.8. The lowest BCUT2D eigenvalue weighted by atomic mass is 10.0. The molecule has 26 heavy (non-hydrogen) atoms. The molecule has 142 valence electrons. The van der Waals surface area contributed by atoms with Crippen LogP contribution in [0.5, 0.6) is 0 Å². The summed E-state index contributed by atoms with van der Waals surface area (Å²) in [6, 6.07) is 5.82. The van der Waals surface area contributed by atoms with Gasteiger partial charge in [-0.15, -0.1) is 0 Å². The molecule has 1 aliphatic heterocycles. The van der Waals surface area contributed by atoms with Crippen LogP contribution in [0.4, 0.5) is 13.2 Å². The van der Waals surface area contributed by atoms with Gasteiger partial charge in [0.25, 0.3) is 0 Å². The Hall–Kier alpha value is -2.00. The number of benzene rings is 1. The summed E-state index contributed by atoms with van der Waals surface area (Å²) in [5.41, 5.74) is -1.53. The second kappa shape index (κ2) is 6.31. The first-order chi connectivity index (χ1) is 12.0. The zero-order chi connectivity index (χ0) is 19.3. The van der Waals surface area contributed by atoms with Gasteiger partial charge in [0.05, 0.1) is 5.52 Å². The Labute approximate surface area is 149 Å². The first kappa shape index (κ1) is 18.8. The summed E-state index contributed by atoms with van der Waals surface area (Å²) in [6.07, 6.45) is 2.01. The Balaban J connectivity index is 2.11. The van der Waals surface area contributed by atoms with Gasteiger partial charge in [0.2, 0.25) is 0 Å². The number of rotatable bonds is 3. The second-order valence-corrected chi connectivity index (χ2v) is 8.06. The van der Waals surface area contributed by atoms with Crippen molar-refractivity contribution in [3.8, 4) is 0 Å². The van der Waals surface area contributed by atoms with Crippen LogP contribution in [0.15, 0.2) is 24.0 Å². The van der Waals surface area contributed by atoms with Crippen LogP contribution in [-0.2, 0) is 27.3 Å². The lowest BCUT2D eigenvalue weighted by molar-refractivity contribution is -0.0521. The molecule has 0 spiro atoms. The van der Waals surface area contributed by atoms with Gasteiger partial charge in [-0.25, -0.2) is 0 Å². The maximum Gasteiger partial charge on any atom is 0.534 e. The molecular formula is C17H19F3N2O3S. The van der Waals surface area contributed by atoms with Crippen molar-refractivity contribution in [3.63, 3.8) is 0 Å². The summed E-state index contributed by atoms with van der Waals surface area (Å²) in [5, 5.41) is 1.01. The summed E-state index contributed by atoms with van der Waals surface area (Å²) >= 11 is 0. The van der Waals surface area contributed by atoms with E-state index in [-0.39, 0.29) is 5.76 Å². The van der Waals surface area contributed by atoms with Crippen molar-refractivity contribution in [2.75, 3.05) is 13.6 Å². The molecular weight excluding hydrogens is 369 g/mol. The van der Waals surface area contributed by atoms with Crippen molar-refractivity contribution >= 4 is 27.2 Å². The van der Waals surface area contributed by atoms with E-state index < -0.39 is 15.6 Å². The molecule has 0 bridgehead atoms. The van der Waals surface area contributed by atoms with Crippen molar-refractivity contribution in [2.45, 2.75) is 32.3 Å². The number of likely N-dealkylation sites (N-methyl/N-ethyl adjacent to an activating group) is 1. The van der Waals surface area contributed by atoms with Crippen molar-refractivity contribution < 1.29 is 25.8 Å². The fourth-order valence-electron chi connectivity index (χ4n) is 3.21. The van der Waals surface area contributed by atoms with Gasteiger partial charge < -0.3 is 13.7 Å². The summed E-state index contributed by atoms with van der Waals surface area (Å²) in [5.74, 6) is -0.346. The molecule has 1 aromatic heterocycles. The minimum atomic E-state index is -5.68. The first-order valence-corrected chi connectivity index (χ1v) is 9.40. The quantitative estimate of drug-likeness (QED) is 0.458. The van der Waals surface area contributed by atoms with E-state index in [0.29, 0.717) is 6.42 Å². The SMILES string of the molecule is C/C(=C\n1c2c(c3cc(C)ccc31)CN(C)CC2)OS(=O)(=O)C(F)(F)F. The van der Waals surface area contributed by atoms with Crippen molar-refractivity contribution in [3.05, 3.63) is 40.8 Å². The average Bonchev–Trinajstić information content (AvgIpc) is 2.78. The van der Waals surface area contributed by atoms with Crippen molar-refractivity contribution in [1.82, 2.24) is 9.47 Å². The predicted octanol–water partition coefficient (Wildman–Crippen LogP) is 3.62. The number of halogens is 3. The molecule has 2 heterocycles. The van der Waals surface area contributed by atoms with E-state index in [1.165, 1.54) is 13.1 Å². The van der Waals surface area contributed by atoms with Crippen LogP contribution in [-0.4, -0.2) is 37.0 Å². The molecule has 1 aromatic carbocycles. The number of hydrogen-bond donors (Lipinski definition) is 0. The molecule has 0 saturated heterocycles. The van der Waals surface area contributed by atoms with Crippen molar-refractivity contribution in [1.29, 1.82) is 0 Å². The summed E-state index contributed by atoms with van der Waals surface area (Å²) in [7, 11) is -3.68. The van der Waals surface area contributed by atoms with Crippen LogP contribution in [0.3, 0.4) is 0 Å². The number of aryl methyl sites for hydroxylation is 1. The summed E-state index contributed by atoms with van der Waals surface area (Å²) in [4.78, 5) is 2.16. The van der Waals surface area contributed by atoms with E-state index in [9.17, 15) is 21.6 Å². The van der Waals surface area contributed by atoms with Gasteiger partial charge in [0.1, 0.15) is 5.76 Å². The highest BCUT2D eigenvalue weighted by Crippen LogP contribution is 2.33. The van der Waals surface area contributed by atoms with Gasteiger partial charge >= 0.3 is 15.6 Å². The topological polar surface area (TPSA) is 51.5 Å². The Kier molecular flexibility index (Phi) is 4.56. The number of alkyl halides is 3. The highest BCUT2D eigenvalue weighted by atomic mass is 32.2. The smallest absolute Gasteiger partial charge is 0.379 e. The lowest BCUT2D eigenvalue weighted by Gasteiger charge is -2.23. The van der Waals surface area contributed by atoms with Gasteiger partial charge in [-0.1, -0.05) is 11.6 Å². The fraction of sp³-hybridized carbons (Fsp3) is 0.412. The van der Waals surface area contributed by atoms with Gasteiger partial charge in [0, 0.05) is 36.8 Å². The largest absolute Gasteiger partial charge is 0.534 e. The molecule has 2 aromatic rings. The summed E-state index contributed by atoms with van der Waals surface area (Å²) < 4.78 is 66.0. The maximum atomic E-state index is 12.5. The van der Waals surface area contributed by atoms with Crippen LogP contribution in [0.25, 0.3) is 17.1 Å². The molecule has 0 N–H and O–H groups in total. The first-order valence-electron chi connectivity index (χ1n) is 7.99. The third kappa shape index (κ3) is 3.33. The van der Waals surface area contributed by atoms with Gasteiger partial charge in [-0.3, -0.25) is 0 Å². The van der Waals surface area contributed by atoms with Gasteiger partial charge in [0.15, 0.2) is 0 Å². The molecule has 0 saturated carbocycles. The molecule has 0 amide bonds. The Morgan fingerprint density at radius 2 is 2.00 bits per heavy atom. The maximum absolute atomic E-state index is 12.5. The number of allylic oxidation sites excluding steroid dienone is 1. The van der Waals surface area contributed by atoms with Crippen LogP contribution in [0, 0.1) is 6.92 Å². The molecule has 0 fully saturated rings.